The van der Waals surface area contributed by atoms with E-state index in [0.717, 1.165) is 39.3 Å². The topological polar surface area (TPSA) is 76.5 Å². The minimum Gasteiger partial charge on any atom is -0.379 e. The lowest BCUT2D eigenvalue weighted by atomic mass is 10.1. The highest BCUT2D eigenvalue weighted by atomic mass is 35.5. The first kappa shape index (κ1) is 23.2. The van der Waals surface area contributed by atoms with Gasteiger partial charge in [-0.25, -0.2) is 0 Å². The number of nitrogens with one attached hydrogen (secondary N) is 1. The lowest BCUT2D eigenvalue weighted by Crippen LogP contribution is -2.37. The van der Waals surface area contributed by atoms with Crippen LogP contribution in [-0.4, -0.2) is 53.4 Å². The van der Waals surface area contributed by atoms with Crippen molar-refractivity contribution in [2.75, 3.05) is 38.2 Å². The molecule has 1 fully saturated rings. The number of aromatic nitrogens is 2. The quantitative estimate of drug-likeness (QED) is 0.441. The molecule has 1 aliphatic heterocycles. The Morgan fingerprint density at radius 1 is 0.943 bits per heavy atom. The number of rotatable bonds is 6. The van der Waals surface area contributed by atoms with Crippen LogP contribution in [0.25, 0.3) is 16.5 Å². The van der Waals surface area contributed by atoms with E-state index in [4.69, 9.17) is 16.3 Å². The summed E-state index contributed by atoms with van der Waals surface area (Å²) in [7, 11) is 0. The average molecular weight is 489 g/mol. The second kappa shape index (κ2) is 10.4. The number of hydrogen-bond acceptors (Lipinski definition) is 5. The third kappa shape index (κ3) is 5.27. The molecule has 1 amide bonds. The van der Waals surface area contributed by atoms with Gasteiger partial charge < -0.3 is 10.1 Å². The van der Waals surface area contributed by atoms with Crippen molar-refractivity contribution < 1.29 is 9.53 Å². The summed E-state index contributed by atoms with van der Waals surface area (Å²) in [6, 6.07) is 21.6. The fourth-order valence-electron chi connectivity index (χ4n) is 4.17. The molecule has 0 radical (unpaired) electrons. The maximum absolute atomic E-state index is 13.3. The molecule has 1 N–H and O–H groups in total. The highest BCUT2D eigenvalue weighted by molar-refractivity contribution is 6.30. The molecule has 1 aliphatic rings. The van der Waals surface area contributed by atoms with Crippen LogP contribution < -0.4 is 10.9 Å². The van der Waals surface area contributed by atoms with E-state index in [-0.39, 0.29) is 17.2 Å². The van der Waals surface area contributed by atoms with Crippen molar-refractivity contribution in [3.05, 3.63) is 99.4 Å². The minimum atomic E-state index is -0.384. The standard InChI is InChI=1S/C27H25ClN4O3/c28-20-7-11-22(12-8-20)32-27(34)24-4-2-1-3-23(24)25(30-32)26(33)29-21-9-5-19(6-10-21)13-14-31-15-17-35-18-16-31/h1-12H,13-18H2,(H,29,33). The van der Waals surface area contributed by atoms with E-state index in [0.29, 0.717) is 27.2 Å². The van der Waals surface area contributed by atoms with E-state index in [1.165, 1.54) is 10.2 Å². The summed E-state index contributed by atoms with van der Waals surface area (Å²) >= 11 is 6.00. The average Bonchev–Trinajstić information content (AvgIpc) is 2.90. The van der Waals surface area contributed by atoms with E-state index in [2.05, 4.69) is 15.3 Å². The molecular formula is C27H25ClN4O3. The Bertz CT molecular complexity index is 1400. The van der Waals surface area contributed by atoms with Gasteiger partial charge in [0.15, 0.2) is 5.69 Å². The highest BCUT2D eigenvalue weighted by Gasteiger charge is 2.18. The smallest absolute Gasteiger partial charge is 0.279 e. The van der Waals surface area contributed by atoms with Gasteiger partial charge >= 0.3 is 0 Å². The summed E-state index contributed by atoms with van der Waals surface area (Å²) in [5, 5.41) is 8.82. The Hall–Kier alpha value is -3.52. The minimum absolute atomic E-state index is 0.173. The number of nitrogens with zero attached hydrogens (tertiary/aromatic N) is 3. The van der Waals surface area contributed by atoms with Crippen LogP contribution in [-0.2, 0) is 11.2 Å². The maximum Gasteiger partial charge on any atom is 0.279 e. The molecule has 0 bridgehead atoms. The van der Waals surface area contributed by atoms with Crippen LogP contribution >= 0.6 is 11.6 Å². The molecule has 178 valence electrons. The molecule has 35 heavy (non-hydrogen) atoms. The maximum atomic E-state index is 13.3. The lowest BCUT2D eigenvalue weighted by molar-refractivity contribution is 0.0384. The molecule has 0 spiro atoms. The van der Waals surface area contributed by atoms with Gasteiger partial charge in [-0.3, -0.25) is 14.5 Å². The van der Waals surface area contributed by atoms with Crippen molar-refractivity contribution in [2.24, 2.45) is 0 Å². The van der Waals surface area contributed by atoms with Crippen LogP contribution in [0.3, 0.4) is 0 Å². The van der Waals surface area contributed by atoms with Gasteiger partial charge in [-0.05, 0) is 54.4 Å². The zero-order valence-corrected chi connectivity index (χ0v) is 19.9. The molecule has 0 aliphatic carbocycles. The summed E-state index contributed by atoms with van der Waals surface area (Å²) in [6.07, 6.45) is 0.937. The number of carbonyl (C=O) groups excluding carboxylic acids is 1. The predicted molar refractivity (Wildman–Crippen MR) is 138 cm³/mol. The van der Waals surface area contributed by atoms with Crippen molar-refractivity contribution in [3.63, 3.8) is 0 Å². The zero-order valence-electron chi connectivity index (χ0n) is 19.1. The molecule has 8 heteroatoms. The Balaban J connectivity index is 1.38. The Kier molecular flexibility index (Phi) is 6.90. The number of carbonyl (C=O) groups is 1. The van der Waals surface area contributed by atoms with Crippen LogP contribution in [0.4, 0.5) is 5.69 Å². The summed E-state index contributed by atoms with van der Waals surface area (Å²) in [5.74, 6) is -0.384. The fourth-order valence-corrected chi connectivity index (χ4v) is 4.30. The number of anilines is 1. The van der Waals surface area contributed by atoms with Crippen LogP contribution in [0.1, 0.15) is 16.1 Å². The molecular weight excluding hydrogens is 464 g/mol. The molecule has 1 aromatic heterocycles. The number of hydrogen-bond donors (Lipinski definition) is 1. The third-order valence-electron chi connectivity index (χ3n) is 6.12. The number of amides is 1. The lowest BCUT2D eigenvalue weighted by Gasteiger charge is -2.26. The first-order valence-electron chi connectivity index (χ1n) is 11.6. The van der Waals surface area contributed by atoms with Crippen LogP contribution in [0.2, 0.25) is 5.02 Å². The van der Waals surface area contributed by atoms with E-state index >= 15 is 0 Å². The largest absolute Gasteiger partial charge is 0.379 e. The molecule has 0 saturated carbocycles. The fraction of sp³-hybridized carbons (Fsp3) is 0.222. The van der Waals surface area contributed by atoms with Gasteiger partial charge in [-0.1, -0.05) is 41.9 Å². The summed E-state index contributed by atoms with van der Waals surface area (Å²) in [6.45, 7) is 4.50. The summed E-state index contributed by atoms with van der Waals surface area (Å²) in [4.78, 5) is 28.7. The molecule has 3 aromatic carbocycles. The van der Waals surface area contributed by atoms with E-state index in [1.807, 2.05) is 24.3 Å². The molecule has 2 heterocycles. The van der Waals surface area contributed by atoms with Crippen LogP contribution in [0, 0.1) is 0 Å². The van der Waals surface area contributed by atoms with Gasteiger partial charge in [-0.2, -0.15) is 9.78 Å². The van der Waals surface area contributed by atoms with E-state index in [9.17, 15) is 9.59 Å². The molecule has 5 rings (SSSR count). The van der Waals surface area contributed by atoms with Crippen LogP contribution in [0.5, 0.6) is 0 Å². The molecule has 4 aromatic rings. The van der Waals surface area contributed by atoms with E-state index in [1.54, 1.807) is 48.5 Å². The number of halogens is 1. The number of ether oxygens (including phenoxy) is 1. The number of benzene rings is 3. The van der Waals surface area contributed by atoms with Crippen LogP contribution in [0.15, 0.2) is 77.6 Å². The highest BCUT2D eigenvalue weighted by Crippen LogP contribution is 2.19. The second-order valence-electron chi connectivity index (χ2n) is 8.44. The third-order valence-corrected chi connectivity index (χ3v) is 6.38. The monoisotopic (exact) mass is 488 g/mol. The van der Waals surface area contributed by atoms with Gasteiger partial charge in [0, 0.05) is 35.7 Å². The van der Waals surface area contributed by atoms with Gasteiger partial charge in [-0.15, -0.1) is 0 Å². The van der Waals surface area contributed by atoms with Gasteiger partial charge in [0.25, 0.3) is 11.5 Å². The first-order chi connectivity index (χ1) is 17.1. The van der Waals surface area contributed by atoms with Gasteiger partial charge in [0.2, 0.25) is 0 Å². The van der Waals surface area contributed by atoms with Gasteiger partial charge in [0.05, 0.1) is 24.3 Å². The normalized spacial score (nSPS) is 14.2. The second-order valence-corrected chi connectivity index (χ2v) is 8.88. The number of morpholine rings is 1. The van der Waals surface area contributed by atoms with Crippen molar-refractivity contribution in [1.29, 1.82) is 0 Å². The predicted octanol–water partition coefficient (Wildman–Crippen LogP) is 4.17. The van der Waals surface area contributed by atoms with Crippen molar-refractivity contribution in [3.8, 4) is 5.69 Å². The van der Waals surface area contributed by atoms with Crippen molar-refractivity contribution in [1.82, 2.24) is 14.7 Å². The molecule has 7 nitrogen and oxygen atoms in total. The summed E-state index contributed by atoms with van der Waals surface area (Å²) < 4.78 is 6.64. The van der Waals surface area contributed by atoms with E-state index < -0.39 is 0 Å². The Labute approximate surface area is 207 Å². The number of fused-ring (bicyclic) bond motifs is 1. The van der Waals surface area contributed by atoms with Gasteiger partial charge in [0.1, 0.15) is 0 Å². The zero-order chi connectivity index (χ0) is 24.2. The Morgan fingerprint density at radius 2 is 1.63 bits per heavy atom. The Morgan fingerprint density at radius 3 is 2.34 bits per heavy atom. The summed E-state index contributed by atoms with van der Waals surface area (Å²) in [5.41, 5.74) is 2.27. The molecule has 1 saturated heterocycles. The molecule has 0 atom stereocenters. The van der Waals surface area contributed by atoms with Crippen molar-refractivity contribution >= 4 is 34.0 Å². The van der Waals surface area contributed by atoms with Crippen molar-refractivity contribution in [2.45, 2.75) is 6.42 Å². The molecule has 0 unspecified atom stereocenters. The SMILES string of the molecule is O=C(Nc1ccc(CCN2CCOCC2)cc1)c1nn(-c2ccc(Cl)cc2)c(=O)c2ccccc12. The first-order valence-corrected chi connectivity index (χ1v) is 11.9.